The molecule has 0 unspecified atom stereocenters. The van der Waals surface area contributed by atoms with Crippen molar-refractivity contribution in [2.45, 2.75) is 31.9 Å². The third-order valence-corrected chi connectivity index (χ3v) is 5.12. The van der Waals surface area contributed by atoms with Crippen LogP contribution in [0.15, 0.2) is 42.9 Å². The summed E-state index contributed by atoms with van der Waals surface area (Å²) in [5.41, 5.74) is 13.2. The number of amides is 1. The number of rotatable bonds is 4. The lowest BCUT2D eigenvalue weighted by atomic mass is 10.1. The van der Waals surface area contributed by atoms with E-state index in [9.17, 15) is 9.90 Å². The van der Waals surface area contributed by atoms with Crippen LogP contribution < -0.4 is 21.7 Å². The van der Waals surface area contributed by atoms with E-state index in [1.54, 1.807) is 50.5 Å². The quantitative estimate of drug-likeness (QED) is 0.425. The number of nitrogen functional groups attached to an aromatic ring is 1. The van der Waals surface area contributed by atoms with Gasteiger partial charge in [-0.2, -0.15) is 0 Å². The van der Waals surface area contributed by atoms with Gasteiger partial charge in [-0.15, -0.1) is 0 Å². The molecular weight excluding hydrogens is 432 g/mol. The highest BCUT2D eigenvalue weighted by atomic mass is 16.3. The Hall–Kier alpha value is -4.07. The number of nitrogens with zero attached hydrogens (tertiary/aromatic N) is 5. The molecule has 1 aliphatic heterocycles. The van der Waals surface area contributed by atoms with E-state index in [4.69, 9.17) is 11.5 Å². The molecule has 4 heterocycles. The summed E-state index contributed by atoms with van der Waals surface area (Å²) >= 11 is 0. The van der Waals surface area contributed by atoms with Crippen molar-refractivity contribution in [3.05, 3.63) is 54.1 Å². The van der Waals surface area contributed by atoms with Gasteiger partial charge in [0.2, 0.25) is 5.95 Å². The van der Waals surface area contributed by atoms with Crippen LogP contribution in [-0.4, -0.2) is 55.7 Å². The van der Waals surface area contributed by atoms with Crippen molar-refractivity contribution < 1.29 is 9.90 Å². The molecule has 0 saturated carbocycles. The summed E-state index contributed by atoms with van der Waals surface area (Å²) in [6.07, 6.45) is 5.66. The Balaban J connectivity index is 1.56. The van der Waals surface area contributed by atoms with E-state index >= 15 is 0 Å². The van der Waals surface area contributed by atoms with Gasteiger partial charge >= 0.3 is 0 Å². The molecular formula is C24H26N8O2. The Bertz CT molecular complexity index is 1280. The lowest BCUT2D eigenvalue weighted by Gasteiger charge is -2.16. The van der Waals surface area contributed by atoms with Gasteiger partial charge in [-0.1, -0.05) is 5.92 Å². The molecule has 0 bridgehead atoms. The SMILES string of the molecule is CC(C)(O)C#Cc1cc(NC(=O)c2cc(-c3ccnc(N4CC[C@@H](N)C4)n3)cnc2N)ccn1. The highest BCUT2D eigenvalue weighted by Crippen LogP contribution is 2.24. The van der Waals surface area contributed by atoms with Crippen LogP contribution in [0, 0.1) is 11.8 Å². The molecule has 0 aromatic carbocycles. The Kier molecular flexibility index (Phi) is 6.40. The highest BCUT2D eigenvalue weighted by molar-refractivity contribution is 6.07. The van der Waals surface area contributed by atoms with E-state index in [-0.39, 0.29) is 17.4 Å². The fourth-order valence-corrected chi connectivity index (χ4v) is 3.42. The molecule has 34 heavy (non-hydrogen) atoms. The second kappa shape index (κ2) is 9.43. The van der Waals surface area contributed by atoms with Crippen molar-refractivity contribution in [1.29, 1.82) is 0 Å². The summed E-state index contributed by atoms with van der Waals surface area (Å²) in [5, 5.41) is 12.6. The van der Waals surface area contributed by atoms with Gasteiger partial charge in [-0.05, 0) is 50.5 Å². The molecule has 1 fully saturated rings. The minimum absolute atomic E-state index is 0.0946. The molecule has 6 N–H and O–H groups in total. The first-order chi connectivity index (χ1) is 16.2. The maximum atomic E-state index is 13.0. The number of pyridine rings is 2. The molecule has 0 aliphatic carbocycles. The fourth-order valence-electron chi connectivity index (χ4n) is 3.42. The summed E-state index contributed by atoms with van der Waals surface area (Å²) in [4.78, 5) is 32.3. The fraction of sp³-hybridized carbons (Fsp3) is 0.292. The molecule has 10 nitrogen and oxygen atoms in total. The summed E-state index contributed by atoms with van der Waals surface area (Å²) < 4.78 is 0. The number of hydrogen-bond acceptors (Lipinski definition) is 9. The van der Waals surface area contributed by atoms with Gasteiger partial charge in [0.25, 0.3) is 5.91 Å². The molecule has 4 rings (SSSR count). The Morgan fingerprint density at radius 2 is 2.03 bits per heavy atom. The average molecular weight is 459 g/mol. The zero-order valence-corrected chi connectivity index (χ0v) is 19.0. The standard InChI is InChI=1S/C24H26N8O2/c1-24(2,34)7-3-17-12-18(4-8-27-17)30-22(33)19-11-15(13-29-21(19)26)20-5-9-28-23(31-20)32-10-6-16(25)14-32/h4-5,8-9,11-13,16,34H,6,10,14,25H2,1-2H3,(H2,26,29)(H,27,30,33)/t16-/m1/s1. The number of anilines is 3. The Labute approximate surface area is 197 Å². The van der Waals surface area contributed by atoms with Crippen LogP contribution in [0.5, 0.6) is 0 Å². The number of aromatic nitrogens is 4. The number of nitrogens with one attached hydrogen (secondary N) is 1. The van der Waals surface area contributed by atoms with Crippen molar-refractivity contribution in [2.75, 3.05) is 29.0 Å². The maximum Gasteiger partial charge on any atom is 0.259 e. The number of aliphatic hydroxyl groups is 1. The second-order valence-electron chi connectivity index (χ2n) is 8.59. The van der Waals surface area contributed by atoms with E-state index in [2.05, 4.69) is 37.1 Å². The third kappa shape index (κ3) is 5.64. The van der Waals surface area contributed by atoms with Crippen LogP contribution in [-0.2, 0) is 0 Å². The summed E-state index contributed by atoms with van der Waals surface area (Å²) in [6, 6.07) is 6.76. The minimum atomic E-state index is -1.15. The molecule has 0 radical (unpaired) electrons. The monoisotopic (exact) mass is 458 g/mol. The predicted octanol–water partition coefficient (Wildman–Crippen LogP) is 1.43. The first kappa shape index (κ1) is 23.1. The molecule has 1 aliphatic rings. The van der Waals surface area contributed by atoms with E-state index in [0.717, 1.165) is 13.0 Å². The van der Waals surface area contributed by atoms with Gasteiger partial charge in [-0.3, -0.25) is 4.79 Å². The normalized spacial score (nSPS) is 15.5. The second-order valence-corrected chi connectivity index (χ2v) is 8.59. The molecule has 3 aromatic heterocycles. The smallest absolute Gasteiger partial charge is 0.259 e. The lowest BCUT2D eigenvalue weighted by Crippen LogP contribution is -2.27. The third-order valence-electron chi connectivity index (χ3n) is 5.12. The first-order valence-corrected chi connectivity index (χ1v) is 10.8. The highest BCUT2D eigenvalue weighted by Gasteiger charge is 2.22. The van der Waals surface area contributed by atoms with Crippen molar-refractivity contribution in [1.82, 2.24) is 19.9 Å². The topological polar surface area (TPSA) is 156 Å². The van der Waals surface area contributed by atoms with Gasteiger partial charge in [0.15, 0.2) is 0 Å². The summed E-state index contributed by atoms with van der Waals surface area (Å²) in [7, 11) is 0. The van der Waals surface area contributed by atoms with Crippen LogP contribution in [0.25, 0.3) is 11.3 Å². The zero-order valence-electron chi connectivity index (χ0n) is 19.0. The summed E-state index contributed by atoms with van der Waals surface area (Å²) in [6.45, 7) is 4.65. The van der Waals surface area contributed by atoms with E-state index in [1.807, 2.05) is 4.90 Å². The zero-order chi connectivity index (χ0) is 24.3. The van der Waals surface area contributed by atoms with E-state index in [0.29, 0.717) is 35.1 Å². The van der Waals surface area contributed by atoms with Crippen LogP contribution in [0.1, 0.15) is 36.3 Å². The molecule has 1 amide bonds. The van der Waals surface area contributed by atoms with Crippen LogP contribution in [0.2, 0.25) is 0 Å². The van der Waals surface area contributed by atoms with Gasteiger partial charge in [0, 0.05) is 49.0 Å². The summed E-state index contributed by atoms with van der Waals surface area (Å²) in [5.74, 6) is 5.73. The van der Waals surface area contributed by atoms with Gasteiger partial charge < -0.3 is 26.8 Å². The molecule has 174 valence electrons. The average Bonchev–Trinajstić information content (AvgIpc) is 3.24. The molecule has 1 atom stereocenters. The van der Waals surface area contributed by atoms with Crippen LogP contribution in [0.3, 0.4) is 0 Å². The minimum Gasteiger partial charge on any atom is -0.383 e. The predicted molar refractivity (Wildman–Crippen MR) is 130 cm³/mol. The molecule has 3 aromatic rings. The van der Waals surface area contributed by atoms with Crippen LogP contribution >= 0.6 is 0 Å². The molecule has 0 spiro atoms. The van der Waals surface area contributed by atoms with Crippen molar-refractivity contribution >= 4 is 23.4 Å². The van der Waals surface area contributed by atoms with Gasteiger partial charge in [0.1, 0.15) is 17.1 Å². The molecule has 1 saturated heterocycles. The molecule has 10 heteroatoms. The Morgan fingerprint density at radius 1 is 1.24 bits per heavy atom. The number of carbonyl (C=O) groups excluding carboxylic acids is 1. The van der Waals surface area contributed by atoms with Gasteiger partial charge in [0.05, 0.1) is 11.3 Å². The van der Waals surface area contributed by atoms with E-state index in [1.165, 1.54) is 6.20 Å². The number of nitrogens with two attached hydrogens (primary N) is 2. The Morgan fingerprint density at radius 3 is 2.76 bits per heavy atom. The van der Waals surface area contributed by atoms with Crippen molar-refractivity contribution in [3.63, 3.8) is 0 Å². The largest absolute Gasteiger partial charge is 0.383 e. The maximum absolute atomic E-state index is 13.0. The first-order valence-electron chi connectivity index (χ1n) is 10.8. The number of carbonyl (C=O) groups is 1. The van der Waals surface area contributed by atoms with Crippen molar-refractivity contribution in [3.8, 4) is 23.1 Å². The van der Waals surface area contributed by atoms with E-state index < -0.39 is 11.5 Å². The van der Waals surface area contributed by atoms with Crippen molar-refractivity contribution in [2.24, 2.45) is 5.73 Å². The van der Waals surface area contributed by atoms with Gasteiger partial charge in [-0.25, -0.2) is 19.9 Å². The number of hydrogen-bond donors (Lipinski definition) is 4. The van der Waals surface area contributed by atoms with Crippen LogP contribution in [0.4, 0.5) is 17.5 Å². The lowest BCUT2D eigenvalue weighted by molar-refractivity contribution is 0.102.